The molecule has 2 aromatic rings. The predicted octanol–water partition coefficient (Wildman–Crippen LogP) is 3.71. The highest BCUT2D eigenvalue weighted by atomic mass is 16.1. The van der Waals surface area contributed by atoms with Gasteiger partial charge in [0.05, 0.1) is 11.4 Å². The third-order valence-corrected chi connectivity index (χ3v) is 3.49. The van der Waals surface area contributed by atoms with E-state index in [0.29, 0.717) is 17.8 Å². The average Bonchev–Trinajstić information content (AvgIpc) is 2.55. The largest absolute Gasteiger partial charge is 0.397 e. The topological polar surface area (TPSA) is 67.2 Å². The van der Waals surface area contributed by atoms with Crippen molar-refractivity contribution in [3.8, 4) is 0 Å². The number of rotatable bonds is 6. The fourth-order valence-corrected chi connectivity index (χ4v) is 2.14. The lowest BCUT2D eigenvalue weighted by molar-refractivity contribution is 0.0953. The summed E-state index contributed by atoms with van der Waals surface area (Å²) in [6.07, 6.45) is 1.93. The van der Waals surface area contributed by atoms with E-state index in [4.69, 9.17) is 5.73 Å². The first-order valence-electron chi connectivity index (χ1n) is 7.67. The Morgan fingerprint density at radius 1 is 1.09 bits per heavy atom. The van der Waals surface area contributed by atoms with Crippen LogP contribution in [0.5, 0.6) is 0 Å². The number of nitrogens with two attached hydrogens (primary N) is 1. The van der Waals surface area contributed by atoms with Crippen LogP contribution in [-0.2, 0) is 6.42 Å². The monoisotopic (exact) mass is 297 g/mol. The van der Waals surface area contributed by atoms with Crippen LogP contribution >= 0.6 is 0 Å². The van der Waals surface area contributed by atoms with Crippen molar-refractivity contribution in [2.45, 2.75) is 26.7 Å². The molecule has 2 rings (SSSR count). The highest BCUT2D eigenvalue weighted by molar-refractivity contribution is 5.96. The molecule has 0 aliphatic carbocycles. The lowest BCUT2D eigenvalue weighted by Crippen LogP contribution is -2.24. The van der Waals surface area contributed by atoms with Gasteiger partial charge in [-0.25, -0.2) is 0 Å². The molecule has 22 heavy (non-hydrogen) atoms. The molecule has 1 amide bonds. The Labute approximate surface area is 131 Å². The molecule has 0 bridgehead atoms. The molecule has 0 aliphatic heterocycles. The molecule has 2 aromatic carbocycles. The second-order valence-electron chi connectivity index (χ2n) is 5.23. The van der Waals surface area contributed by atoms with Gasteiger partial charge in [0.1, 0.15) is 0 Å². The van der Waals surface area contributed by atoms with E-state index < -0.39 is 0 Å². The van der Waals surface area contributed by atoms with Gasteiger partial charge in [-0.15, -0.1) is 0 Å². The van der Waals surface area contributed by atoms with Gasteiger partial charge in [0.25, 0.3) is 5.91 Å². The van der Waals surface area contributed by atoms with Gasteiger partial charge in [0.15, 0.2) is 0 Å². The van der Waals surface area contributed by atoms with Gasteiger partial charge in [-0.05, 0) is 48.7 Å². The minimum absolute atomic E-state index is 0.0904. The molecule has 0 fully saturated rings. The van der Waals surface area contributed by atoms with Gasteiger partial charge in [-0.3, -0.25) is 4.79 Å². The highest BCUT2D eigenvalue weighted by Crippen LogP contribution is 2.24. The average molecular weight is 297 g/mol. The molecular weight excluding hydrogens is 274 g/mol. The number of carbonyl (C=O) groups excluding carboxylic acids is 1. The zero-order chi connectivity index (χ0) is 15.9. The third kappa shape index (κ3) is 4.01. The van der Waals surface area contributed by atoms with Crippen molar-refractivity contribution in [3.05, 3.63) is 53.6 Å². The van der Waals surface area contributed by atoms with Gasteiger partial charge in [0, 0.05) is 17.8 Å². The Balaban J connectivity index is 2.10. The maximum Gasteiger partial charge on any atom is 0.251 e. The van der Waals surface area contributed by atoms with Crippen molar-refractivity contribution in [2.24, 2.45) is 0 Å². The van der Waals surface area contributed by atoms with Gasteiger partial charge in [-0.2, -0.15) is 0 Å². The van der Waals surface area contributed by atoms with Crippen LogP contribution in [-0.4, -0.2) is 12.5 Å². The first kappa shape index (κ1) is 15.9. The van der Waals surface area contributed by atoms with E-state index >= 15 is 0 Å². The standard InChI is InChI=1S/C18H23N3O/c1-3-11-20-18(22)14-7-10-17(16(19)12-14)21-15-8-5-13(4-2)6-9-15/h5-10,12,21H,3-4,11,19H2,1-2H3,(H,20,22). The highest BCUT2D eigenvalue weighted by Gasteiger charge is 2.07. The van der Waals surface area contributed by atoms with Crippen LogP contribution in [0.3, 0.4) is 0 Å². The molecule has 0 saturated carbocycles. The van der Waals surface area contributed by atoms with E-state index in [1.807, 2.05) is 25.1 Å². The summed E-state index contributed by atoms with van der Waals surface area (Å²) in [5.41, 5.74) is 10.3. The lowest BCUT2D eigenvalue weighted by atomic mass is 10.1. The van der Waals surface area contributed by atoms with E-state index in [0.717, 1.165) is 24.2 Å². The Hall–Kier alpha value is -2.49. The summed E-state index contributed by atoms with van der Waals surface area (Å²) in [5, 5.41) is 6.12. The minimum Gasteiger partial charge on any atom is -0.397 e. The zero-order valence-electron chi connectivity index (χ0n) is 13.1. The summed E-state index contributed by atoms with van der Waals surface area (Å²) in [6, 6.07) is 13.6. The summed E-state index contributed by atoms with van der Waals surface area (Å²) in [6.45, 7) is 4.82. The molecule has 0 heterocycles. The number of nitrogen functional groups attached to an aromatic ring is 1. The number of nitrogens with one attached hydrogen (secondary N) is 2. The molecule has 0 unspecified atom stereocenters. The molecule has 4 nitrogen and oxygen atoms in total. The van der Waals surface area contributed by atoms with Crippen molar-refractivity contribution in [1.29, 1.82) is 0 Å². The van der Waals surface area contributed by atoms with E-state index in [1.54, 1.807) is 12.1 Å². The van der Waals surface area contributed by atoms with Gasteiger partial charge >= 0.3 is 0 Å². The fourth-order valence-electron chi connectivity index (χ4n) is 2.14. The van der Waals surface area contributed by atoms with Crippen LogP contribution in [0, 0.1) is 0 Å². The number of carbonyl (C=O) groups is 1. The number of aryl methyl sites for hydroxylation is 1. The first-order valence-corrected chi connectivity index (χ1v) is 7.67. The van der Waals surface area contributed by atoms with Crippen LogP contribution in [0.1, 0.15) is 36.2 Å². The maximum atomic E-state index is 11.9. The van der Waals surface area contributed by atoms with Crippen LogP contribution in [0.2, 0.25) is 0 Å². The van der Waals surface area contributed by atoms with Gasteiger partial charge in [0.2, 0.25) is 0 Å². The lowest BCUT2D eigenvalue weighted by Gasteiger charge is -2.11. The zero-order valence-corrected chi connectivity index (χ0v) is 13.1. The van der Waals surface area contributed by atoms with Crippen LogP contribution in [0.15, 0.2) is 42.5 Å². The molecule has 0 aromatic heterocycles. The van der Waals surface area contributed by atoms with Crippen LogP contribution in [0.4, 0.5) is 17.1 Å². The normalized spacial score (nSPS) is 10.3. The predicted molar refractivity (Wildman–Crippen MR) is 92.6 cm³/mol. The molecule has 116 valence electrons. The molecule has 4 heteroatoms. The second kappa shape index (κ2) is 7.50. The Morgan fingerprint density at radius 2 is 1.82 bits per heavy atom. The SMILES string of the molecule is CCCNC(=O)c1ccc(Nc2ccc(CC)cc2)c(N)c1. The van der Waals surface area contributed by atoms with Crippen molar-refractivity contribution in [1.82, 2.24) is 5.32 Å². The van der Waals surface area contributed by atoms with Crippen molar-refractivity contribution < 1.29 is 4.79 Å². The molecule has 0 radical (unpaired) electrons. The summed E-state index contributed by atoms with van der Waals surface area (Å²) in [7, 11) is 0. The molecule has 0 aliphatic rings. The molecule has 0 atom stereocenters. The summed E-state index contributed by atoms with van der Waals surface area (Å²) in [5.74, 6) is -0.0904. The van der Waals surface area contributed by atoms with Gasteiger partial charge in [-0.1, -0.05) is 26.0 Å². The number of anilines is 3. The van der Waals surface area contributed by atoms with Crippen LogP contribution < -0.4 is 16.4 Å². The molecule has 4 N–H and O–H groups in total. The smallest absolute Gasteiger partial charge is 0.251 e. The molecule has 0 saturated heterocycles. The molecule has 0 spiro atoms. The summed E-state index contributed by atoms with van der Waals surface area (Å²) < 4.78 is 0. The first-order chi connectivity index (χ1) is 10.6. The molecular formula is C18H23N3O. The van der Waals surface area contributed by atoms with E-state index in [9.17, 15) is 4.79 Å². The Bertz CT molecular complexity index is 635. The quantitative estimate of drug-likeness (QED) is 0.712. The van der Waals surface area contributed by atoms with Crippen molar-refractivity contribution in [3.63, 3.8) is 0 Å². The Kier molecular flexibility index (Phi) is 5.42. The van der Waals surface area contributed by atoms with E-state index in [2.05, 4.69) is 29.7 Å². The van der Waals surface area contributed by atoms with Crippen molar-refractivity contribution >= 4 is 23.0 Å². The van der Waals surface area contributed by atoms with E-state index in [1.165, 1.54) is 5.56 Å². The maximum absolute atomic E-state index is 11.9. The summed E-state index contributed by atoms with van der Waals surface area (Å²) >= 11 is 0. The second-order valence-corrected chi connectivity index (χ2v) is 5.23. The third-order valence-electron chi connectivity index (χ3n) is 3.49. The summed E-state index contributed by atoms with van der Waals surface area (Å²) in [4.78, 5) is 11.9. The van der Waals surface area contributed by atoms with Crippen molar-refractivity contribution in [2.75, 3.05) is 17.6 Å². The minimum atomic E-state index is -0.0904. The van der Waals surface area contributed by atoms with E-state index in [-0.39, 0.29) is 5.91 Å². The number of benzene rings is 2. The van der Waals surface area contributed by atoms with Crippen LogP contribution in [0.25, 0.3) is 0 Å². The fraction of sp³-hybridized carbons (Fsp3) is 0.278. The van der Waals surface area contributed by atoms with Gasteiger partial charge < -0.3 is 16.4 Å². The number of hydrogen-bond donors (Lipinski definition) is 3. The number of amides is 1. The number of hydrogen-bond acceptors (Lipinski definition) is 3. The Morgan fingerprint density at radius 3 is 2.41 bits per heavy atom.